The molecule has 0 radical (unpaired) electrons. The van der Waals surface area contributed by atoms with Crippen molar-refractivity contribution < 1.29 is 18.0 Å². The molecule has 0 saturated carbocycles. The first-order chi connectivity index (χ1) is 9.25. The van der Waals surface area contributed by atoms with Crippen LogP contribution in [0.1, 0.15) is 12.0 Å². The van der Waals surface area contributed by atoms with E-state index in [0.29, 0.717) is 0 Å². The van der Waals surface area contributed by atoms with Gasteiger partial charge < -0.3 is 5.73 Å². The first-order valence-corrected chi connectivity index (χ1v) is 5.91. The SMILES string of the molecule is N#CCC(=NNc1ccc(Br)c(C(F)(F)F)c1)C(N)=O. The number of benzene rings is 1. The zero-order valence-corrected chi connectivity index (χ0v) is 11.4. The van der Waals surface area contributed by atoms with Crippen molar-refractivity contribution >= 4 is 33.2 Å². The molecule has 1 aromatic rings. The Hall–Kier alpha value is -2.08. The summed E-state index contributed by atoms with van der Waals surface area (Å²) in [6.45, 7) is 0. The number of nitrogens with zero attached hydrogens (tertiary/aromatic N) is 2. The van der Waals surface area contributed by atoms with Gasteiger partial charge in [-0.1, -0.05) is 15.9 Å². The number of hydrogen-bond acceptors (Lipinski definition) is 4. The molecule has 1 aromatic carbocycles. The van der Waals surface area contributed by atoms with Crippen LogP contribution in [0.4, 0.5) is 18.9 Å². The van der Waals surface area contributed by atoms with Gasteiger partial charge in [0.1, 0.15) is 5.71 Å². The summed E-state index contributed by atoms with van der Waals surface area (Å²) in [6, 6.07) is 5.01. The highest BCUT2D eigenvalue weighted by Crippen LogP contribution is 2.36. The van der Waals surface area contributed by atoms with Crippen LogP contribution in [0.15, 0.2) is 27.8 Å². The Labute approximate surface area is 120 Å². The third-order valence-electron chi connectivity index (χ3n) is 2.12. The van der Waals surface area contributed by atoms with Crippen LogP contribution in [0.5, 0.6) is 0 Å². The van der Waals surface area contributed by atoms with Crippen molar-refractivity contribution in [3.63, 3.8) is 0 Å². The smallest absolute Gasteiger partial charge is 0.364 e. The average Bonchev–Trinajstić information content (AvgIpc) is 2.34. The van der Waals surface area contributed by atoms with Gasteiger partial charge in [0, 0.05) is 4.47 Å². The van der Waals surface area contributed by atoms with Gasteiger partial charge in [-0.2, -0.15) is 23.5 Å². The first kappa shape index (κ1) is 16.0. The molecule has 0 atom stereocenters. The molecule has 0 saturated heterocycles. The number of anilines is 1. The molecule has 0 aliphatic heterocycles. The van der Waals surface area contributed by atoms with E-state index in [4.69, 9.17) is 11.0 Å². The Balaban J connectivity index is 3.03. The highest BCUT2D eigenvalue weighted by Gasteiger charge is 2.33. The van der Waals surface area contributed by atoms with Gasteiger partial charge in [-0.25, -0.2) is 0 Å². The van der Waals surface area contributed by atoms with E-state index in [1.807, 2.05) is 0 Å². The van der Waals surface area contributed by atoms with Crippen molar-refractivity contribution in [2.45, 2.75) is 12.6 Å². The van der Waals surface area contributed by atoms with Crippen LogP contribution >= 0.6 is 15.9 Å². The molecule has 1 amide bonds. The maximum absolute atomic E-state index is 12.7. The fourth-order valence-corrected chi connectivity index (χ4v) is 1.67. The highest BCUT2D eigenvalue weighted by atomic mass is 79.9. The number of alkyl halides is 3. The number of nitriles is 1. The average molecular weight is 349 g/mol. The molecule has 0 fully saturated rings. The summed E-state index contributed by atoms with van der Waals surface area (Å²) in [5.41, 5.74) is 6.07. The van der Waals surface area contributed by atoms with E-state index in [0.717, 1.165) is 6.07 Å². The summed E-state index contributed by atoms with van der Waals surface area (Å²) in [5, 5.41) is 12.0. The minimum absolute atomic E-state index is 0.0113. The number of hydrogen-bond donors (Lipinski definition) is 2. The zero-order valence-electron chi connectivity index (χ0n) is 9.83. The Morgan fingerprint density at radius 2 is 2.15 bits per heavy atom. The Morgan fingerprint density at radius 3 is 2.65 bits per heavy atom. The van der Waals surface area contributed by atoms with Crippen molar-refractivity contribution in [3.8, 4) is 6.07 Å². The normalized spacial score (nSPS) is 11.8. The molecule has 0 heterocycles. The van der Waals surface area contributed by atoms with Gasteiger partial charge in [0.2, 0.25) is 0 Å². The van der Waals surface area contributed by atoms with Gasteiger partial charge in [0.25, 0.3) is 5.91 Å². The van der Waals surface area contributed by atoms with Crippen LogP contribution in [-0.2, 0) is 11.0 Å². The fourth-order valence-electron chi connectivity index (χ4n) is 1.20. The summed E-state index contributed by atoms with van der Waals surface area (Å²) >= 11 is 2.79. The molecular weight excluding hydrogens is 341 g/mol. The second kappa shape index (κ2) is 6.38. The van der Waals surface area contributed by atoms with Crippen LogP contribution in [-0.4, -0.2) is 11.6 Å². The number of halogens is 4. The molecule has 0 aromatic heterocycles. The van der Waals surface area contributed by atoms with Crippen LogP contribution in [0, 0.1) is 11.3 Å². The third kappa shape index (κ3) is 4.24. The van der Waals surface area contributed by atoms with Gasteiger partial charge in [0.05, 0.1) is 23.7 Å². The van der Waals surface area contributed by atoms with Gasteiger partial charge in [0.15, 0.2) is 0 Å². The lowest BCUT2D eigenvalue weighted by molar-refractivity contribution is -0.138. The van der Waals surface area contributed by atoms with Crippen LogP contribution in [0.2, 0.25) is 0 Å². The predicted octanol–water partition coefficient (Wildman–Crippen LogP) is 2.63. The number of carbonyl (C=O) groups is 1. The molecule has 1 rings (SSSR count). The first-order valence-electron chi connectivity index (χ1n) is 5.11. The van der Waals surface area contributed by atoms with Gasteiger partial charge >= 0.3 is 6.18 Å². The molecule has 0 aliphatic carbocycles. The van der Waals surface area contributed by atoms with Gasteiger partial charge in [-0.3, -0.25) is 10.2 Å². The summed E-state index contributed by atoms with van der Waals surface area (Å²) in [5.74, 6) is -0.924. The van der Waals surface area contributed by atoms with Crippen LogP contribution < -0.4 is 11.2 Å². The summed E-state index contributed by atoms with van der Waals surface area (Å²) in [7, 11) is 0. The monoisotopic (exact) mass is 348 g/mol. The predicted molar refractivity (Wildman–Crippen MR) is 69.6 cm³/mol. The fraction of sp³-hybridized carbons (Fsp3) is 0.182. The highest BCUT2D eigenvalue weighted by molar-refractivity contribution is 9.10. The van der Waals surface area contributed by atoms with E-state index in [1.165, 1.54) is 12.1 Å². The topological polar surface area (TPSA) is 91.3 Å². The van der Waals surface area contributed by atoms with Crippen molar-refractivity contribution in [3.05, 3.63) is 28.2 Å². The van der Waals surface area contributed by atoms with E-state index in [1.54, 1.807) is 6.07 Å². The Morgan fingerprint density at radius 1 is 1.50 bits per heavy atom. The molecule has 0 bridgehead atoms. The lowest BCUT2D eigenvalue weighted by atomic mass is 10.2. The molecule has 5 nitrogen and oxygen atoms in total. The largest absolute Gasteiger partial charge is 0.417 e. The Bertz CT molecular complexity index is 592. The molecule has 3 N–H and O–H groups in total. The summed E-state index contributed by atoms with van der Waals surface area (Å²) in [6.07, 6.45) is -4.87. The zero-order chi connectivity index (χ0) is 15.3. The molecule has 9 heteroatoms. The minimum Gasteiger partial charge on any atom is -0.364 e. The molecule has 0 unspecified atom stereocenters. The summed E-state index contributed by atoms with van der Waals surface area (Å²) in [4.78, 5) is 10.9. The third-order valence-corrected chi connectivity index (χ3v) is 2.81. The standard InChI is InChI=1S/C11H8BrF3N4O/c12-8-2-1-6(5-7(8)11(13,14)15)18-19-9(3-4-16)10(17)20/h1-2,5,18H,3H2,(H2,17,20). The number of hydrazone groups is 1. The molecule has 0 spiro atoms. The van der Waals surface area contributed by atoms with E-state index in [2.05, 4.69) is 26.5 Å². The molecule has 0 aliphatic rings. The van der Waals surface area contributed by atoms with E-state index >= 15 is 0 Å². The maximum atomic E-state index is 12.7. The summed E-state index contributed by atoms with van der Waals surface area (Å²) < 4.78 is 37.9. The van der Waals surface area contributed by atoms with E-state index in [-0.39, 0.29) is 22.3 Å². The lowest BCUT2D eigenvalue weighted by Gasteiger charge is -2.11. The number of nitrogens with two attached hydrogens (primary N) is 1. The number of nitrogens with one attached hydrogen (secondary N) is 1. The minimum atomic E-state index is -4.53. The number of rotatable bonds is 4. The second-order valence-corrected chi connectivity index (χ2v) is 4.42. The van der Waals surface area contributed by atoms with Crippen LogP contribution in [0.25, 0.3) is 0 Å². The van der Waals surface area contributed by atoms with Crippen molar-refractivity contribution in [2.75, 3.05) is 5.43 Å². The van der Waals surface area contributed by atoms with Crippen molar-refractivity contribution in [2.24, 2.45) is 10.8 Å². The second-order valence-electron chi connectivity index (χ2n) is 3.56. The number of primary amides is 1. The van der Waals surface area contributed by atoms with Gasteiger partial charge in [-0.05, 0) is 18.2 Å². The van der Waals surface area contributed by atoms with Crippen molar-refractivity contribution in [1.29, 1.82) is 5.26 Å². The van der Waals surface area contributed by atoms with Gasteiger partial charge in [-0.15, -0.1) is 0 Å². The lowest BCUT2D eigenvalue weighted by Crippen LogP contribution is -2.23. The quantitative estimate of drug-likeness (QED) is 0.647. The van der Waals surface area contributed by atoms with E-state index < -0.39 is 17.6 Å². The maximum Gasteiger partial charge on any atom is 0.417 e. The number of carbonyl (C=O) groups excluding carboxylic acids is 1. The Kier molecular flexibility index (Phi) is 5.10. The molecular formula is C11H8BrF3N4O. The molecule has 20 heavy (non-hydrogen) atoms. The van der Waals surface area contributed by atoms with Crippen LogP contribution in [0.3, 0.4) is 0 Å². The van der Waals surface area contributed by atoms with Crippen molar-refractivity contribution in [1.82, 2.24) is 0 Å². The number of amides is 1. The molecule has 106 valence electrons. The van der Waals surface area contributed by atoms with E-state index in [9.17, 15) is 18.0 Å².